The predicted octanol–water partition coefficient (Wildman–Crippen LogP) is 26.2. The Kier molecular flexibility index (Phi) is 54.0. The number of amidine groups is 5. The molecule has 5 radical (unpaired) electrons. The number of aryl methyl sites for hydroxylation is 2. The van der Waals surface area contributed by atoms with Gasteiger partial charge in [0.05, 0.1) is 12.4 Å². The minimum Gasteiger partial charge on any atom is -0.373 e. The van der Waals surface area contributed by atoms with Gasteiger partial charge in [-0.15, -0.1) is 77.9 Å². The van der Waals surface area contributed by atoms with Crippen molar-refractivity contribution in [3.05, 3.63) is 434 Å². The van der Waals surface area contributed by atoms with E-state index in [1.54, 1.807) is 147 Å². The number of imidazole rings is 1. The molecule has 5 aliphatic rings. The van der Waals surface area contributed by atoms with Crippen LogP contribution in [0, 0.1) is 97.8 Å². The summed E-state index contributed by atoms with van der Waals surface area (Å²) in [6.07, 6.45) is 43.7. The van der Waals surface area contributed by atoms with Crippen molar-refractivity contribution >= 4 is 95.0 Å². The average Bonchev–Trinajstić information content (AvgIpc) is 1.69. The summed E-state index contributed by atoms with van der Waals surface area (Å²) in [5, 5.41) is 0. The molecule has 0 bridgehead atoms. The molecule has 17 heterocycles. The van der Waals surface area contributed by atoms with Gasteiger partial charge >= 0.3 is 6.18 Å². The molecule has 0 atom stereocenters. The fourth-order valence-electron chi connectivity index (χ4n) is 12.0. The minimum absolute atomic E-state index is 0. The largest absolute Gasteiger partial charge is 0.433 e. The normalized spacial score (nSPS) is 13.6. The summed E-state index contributed by atoms with van der Waals surface area (Å²) < 4.78 is 144. The zero-order valence-corrected chi connectivity index (χ0v) is 92.1. The molecule has 150 heavy (non-hydrogen) atoms. The number of rotatable bonds is 10. The Labute approximate surface area is 926 Å². The number of allylic oxidation sites excluding steroid dienone is 5. The van der Waals surface area contributed by atoms with Gasteiger partial charge in [0.15, 0.2) is 40.5 Å². The van der Waals surface area contributed by atoms with Crippen LogP contribution in [0.15, 0.2) is 373 Å². The van der Waals surface area contributed by atoms with E-state index >= 15 is 0 Å². The van der Waals surface area contributed by atoms with Crippen LogP contribution in [0.1, 0.15) is 75.3 Å². The van der Waals surface area contributed by atoms with Gasteiger partial charge in [-0.1, -0.05) is 165 Å². The van der Waals surface area contributed by atoms with Gasteiger partial charge in [-0.2, -0.15) is 13.2 Å². The number of aromatic nitrogens is 13. The predicted molar refractivity (Wildman–Crippen MR) is 544 cm³/mol. The number of pyridine rings is 11. The van der Waals surface area contributed by atoms with Crippen molar-refractivity contribution in [3.8, 4) is 56.4 Å². The van der Waals surface area contributed by atoms with Gasteiger partial charge in [0.1, 0.15) is 53.0 Å². The smallest absolute Gasteiger partial charge is 0.373 e. The van der Waals surface area contributed by atoms with Gasteiger partial charge in [-0.3, -0.25) is 37.4 Å². The maximum absolute atomic E-state index is 13.8. The zero-order valence-electron chi connectivity index (χ0n) is 80.1. The van der Waals surface area contributed by atoms with Gasteiger partial charge in [-0.05, 0) is 156 Å². The number of dihydropyridines is 5. The van der Waals surface area contributed by atoms with Crippen molar-refractivity contribution in [2.45, 2.75) is 78.3 Å². The van der Waals surface area contributed by atoms with Gasteiger partial charge in [0.2, 0.25) is 0 Å². The second-order valence-electron chi connectivity index (χ2n) is 30.8. The van der Waals surface area contributed by atoms with Crippen LogP contribution in [0.4, 0.5) is 83.1 Å². The van der Waals surface area contributed by atoms with Crippen LogP contribution in [-0.2, 0) is 119 Å². The maximum Gasteiger partial charge on any atom is 0.433 e. The van der Waals surface area contributed by atoms with E-state index in [1.165, 1.54) is 30.9 Å². The number of hydrogen-bond donors (Lipinski definition) is 0. The number of alkyl halides is 3. The Bertz CT molecular complexity index is 6890. The topological polar surface area (TPSA) is 288 Å². The molecule has 20 rings (SSSR count). The van der Waals surface area contributed by atoms with Crippen molar-refractivity contribution in [2.24, 2.45) is 57.0 Å². The van der Waals surface area contributed by atoms with Crippen LogP contribution in [0.3, 0.4) is 0 Å². The first-order chi connectivity index (χ1) is 70.2. The van der Waals surface area contributed by atoms with Crippen LogP contribution >= 0.6 is 0 Å². The van der Waals surface area contributed by atoms with Gasteiger partial charge in [0.25, 0.3) is 0 Å². The van der Waals surface area contributed by atoms with Gasteiger partial charge < -0.3 is 24.5 Å². The fraction of sp³-hybridized carbons (Fsp3) is 0.118. The van der Waals surface area contributed by atoms with E-state index in [1.807, 2.05) is 171 Å². The second kappa shape index (κ2) is 65.6. The molecule has 0 saturated heterocycles. The van der Waals surface area contributed by atoms with Crippen LogP contribution in [0.25, 0.3) is 61.3 Å². The number of nitrogens with zero attached hydrogens (tertiary/aromatic N) is 24. The first kappa shape index (κ1) is 124. The van der Waals surface area contributed by atoms with Crippen LogP contribution in [-0.4, -0.2) is 125 Å². The van der Waals surface area contributed by atoms with E-state index in [9.17, 15) is 48.3 Å². The Morgan fingerprint density at radius 1 is 0.360 bits per heavy atom. The maximum atomic E-state index is 13.8. The molecule has 40 heteroatoms. The van der Waals surface area contributed by atoms with E-state index < -0.39 is 64.6 Å². The van der Waals surface area contributed by atoms with Crippen LogP contribution < -0.4 is 0 Å². The molecule has 0 aliphatic carbocycles. The first-order valence-electron chi connectivity index (χ1n) is 44.0. The molecule has 773 valence electrons. The summed E-state index contributed by atoms with van der Waals surface area (Å²) in [6.45, 7) is 16.1. The number of benzene rings is 3. The molecule has 3 aromatic carbocycles. The standard InChI is InChI=1S/C14H13F2N2.C13H10F2N.C12H5F2N2.C11H8F3N2.C10H5F2N2.5C10H9N3.5Ir/c1-14(2,3)9-6-7-17-11(8-9)10-4-5-12(15)18-13(10)16;1-8-5-6-16-12(7-8)10-3-4-11(14)9(2)13(10)15;1-15-12-9(13)6-5-8(11(12)14)10-4-2-3-7-16-10;1-16-7-9(11(12,13)14)15-10(16)8-5-3-2-4-6-8;11-9-5-4-7(10(12)14-9)8-3-1-2-6-13-8;5*1-3-7-11-9(5-1)13-10-6-2-4-8-12-10;;;;;/h5-8H,1-3H3;4-7H,1-2H3;2-4,6-7H;2-5,7H,1H3;1-3,5-6H;5*1-5,7-8H,6H2;;;;;/q5*-1;;;;;;;;;;. The summed E-state index contributed by atoms with van der Waals surface area (Å²) in [5.74, 6) is 1.27. The van der Waals surface area contributed by atoms with Crippen molar-refractivity contribution in [1.82, 2.24) is 64.4 Å². The molecular formula is C110H86F11Ir5N24-5. The quantitative estimate of drug-likeness (QED) is 0.0701. The Hall–Kier alpha value is -15.1. The molecule has 0 fully saturated rings. The number of aliphatic imine (C=N–C) groups is 10. The molecule has 5 aliphatic heterocycles. The summed E-state index contributed by atoms with van der Waals surface area (Å²) >= 11 is 0. The molecule has 0 N–H and O–H groups in total. The fourth-order valence-corrected chi connectivity index (χ4v) is 12.0. The zero-order chi connectivity index (χ0) is 103. The average molecular weight is 2910 g/mol. The van der Waals surface area contributed by atoms with E-state index in [2.05, 4.69) is 166 Å². The monoisotopic (exact) mass is 2920 g/mol. The summed E-state index contributed by atoms with van der Waals surface area (Å²) in [7, 11) is 1.53. The molecule has 0 saturated carbocycles. The third-order valence-corrected chi connectivity index (χ3v) is 19.1. The second-order valence-corrected chi connectivity index (χ2v) is 30.8. The van der Waals surface area contributed by atoms with E-state index in [0.29, 0.717) is 57.4 Å². The summed E-state index contributed by atoms with van der Waals surface area (Å²) in [6, 6.07) is 69.0. The van der Waals surface area contributed by atoms with E-state index in [-0.39, 0.29) is 140 Å². The minimum atomic E-state index is -4.41. The van der Waals surface area contributed by atoms with E-state index in [4.69, 9.17) is 6.57 Å². The molecule has 15 aromatic rings. The number of halogens is 11. The van der Waals surface area contributed by atoms with Crippen molar-refractivity contribution in [3.63, 3.8) is 0 Å². The van der Waals surface area contributed by atoms with Crippen molar-refractivity contribution < 1.29 is 149 Å². The third-order valence-electron chi connectivity index (χ3n) is 19.1. The molecule has 24 nitrogen and oxygen atoms in total. The summed E-state index contributed by atoms with van der Waals surface area (Å²) in [5.41, 5.74) is 2.92. The Morgan fingerprint density at radius 3 is 1.02 bits per heavy atom. The van der Waals surface area contributed by atoms with Crippen molar-refractivity contribution in [2.75, 3.05) is 0 Å². The molecular weight excluding hydrogens is 2830 g/mol. The summed E-state index contributed by atoms with van der Waals surface area (Å²) in [4.78, 5) is 90.9. The van der Waals surface area contributed by atoms with E-state index in [0.717, 1.165) is 103 Å². The SMILES string of the molecule is C1=CCC(=Nc2ccccn2)N=C1.C1=CCC(=Nc2ccccn2)N=C1.C1=CCC(=Nc2ccccn2)N=C1.C1=CCC(=Nc2ccccn2)N=C1.C1=CCC(=Nc2ccccn2)N=C1.CC(C)(C)c1ccnc(-c2[c-]cc(F)nc2F)c1.Cc1ccnc(-c2[c-]cc(F)c(C)c2F)c1.Cn1cc(C(F)(F)F)nc1-c1[c-]cccc1.Fc1c[c-]c(-c2ccccn2)c(F)n1.[C-]#[N+]c1c(F)c[c-]c(-c2ccccn2)c1F.[Ir].[Ir].[Ir].[Ir].[Ir]. The molecule has 0 amide bonds. The van der Waals surface area contributed by atoms with Crippen LogP contribution in [0.5, 0.6) is 0 Å². The Balaban J connectivity index is 0.000000254. The number of hydrogen-bond acceptors (Lipinski definition) is 17. The van der Waals surface area contributed by atoms with Crippen LogP contribution in [0.2, 0.25) is 0 Å². The molecule has 12 aromatic heterocycles. The molecule has 0 unspecified atom stereocenters. The van der Waals surface area contributed by atoms with Gasteiger partial charge in [0, 0.05) is 256 Å². The Morgan fingerprint density at radius 2 is 0.700 bits per heavy atom. The third kappa shape index (κ3) is 41.9. The van der Waals surface area contributed by atoms with Gasteiger partial charge in [-0.25, -0.2) is 92.4 Å². The van der Waals surface area contributed by atoms with Crippen molar-refractivity contribution in [1.29, 1.82) is 0 Å². The molecule has 0 spiro atoms. The first-order valence-corrected chi connectivity index (χ1v) is 44.0.